The van der Waals surface area contributed by atoms with Gasteiger partial charge in [0, 0.05) is 35.2 Å². The highest BCUT2D eigenvalue weighted by Gasteiger charge is 2.13. The van der Waals surface area contributed by atoms with Crippen molar-refractivity contribution in [2.45, 2.75) is 19.5 Å². The van der Waals surface area contributed by atoms with Crippen LogP contribution in [-0.2, 0) is 6.54 Å². The van der Waals surface area contributed by atoms with Gasteiger partial charge in [-0.3, -0.25) is 0 Å². The number of phenols is 1. The molecule has 0 aliphatic heterocycles. The normalized spacial score (nSPS) is 12.5. The van der Waals surface area contributed by atoms with Crippen LogP contribution in [0.5, 0.6) is 5.75 Å². The molecule has 2 aromatic heterocycles. The van der Waals surface area contributed by atoms with E-state index in [-0.39, 0.29) is 11.8 Å². The average molecular weight is 349 g/mol. The number of benzene rings is 2. The number of fused-ring (bicyclic) bond motifs is 1. The van der Waals surface area contributed by atoms with Crippen LogP contribution < -0.4 is 5.32 Å². The van der Waals surface area contributed by atoms with Gasteiger partial charge in [-0.1, -0.05) is 30.3 Å². The lowest BCUT2D eigenvalue weighted by Crippen LogP contribution is -2.18. The highest BCUT2D eigenvalue weighted by Crippen LogP contribution is 2.31. The molecule has 0 amide bonds. The minimum atomic E-state index is 0.198. The van der Waals surface area contributed by atoms with E-state index in [1.54, 1.807) is 22.2 Å². The lowest BCUT2D eigenvalue weighted by Gasteiger charge is -2.15. The molecule has 4 rings (SSSR count). The first-order valence-corrected chi connectivity index (χ1v) is 9.12. The fraction of sp³-hybridized carbons (Fsp3) is 0.150. The molecule has 0 saturated heterocycles. The molecule has 0 radical (unpaired) electrons. The molecule has 126 valence electrons. The first kappa shape index (κ1) is 15.9. The zero-order chi connectivity index (χ0) is 17.2. The van der Waals surface area contributed by atoms with Crippen LogP contribution in [0, 0.1) is 0 Å². The molecule has 2 heterocycles. The summed E-state index contributed by atoms with van der Waals surface area (Å²) >= 11 is 1.77. The molecule has 1 unspecified atom stereocenters. The van der Waals surface area contributed by atoms with Crippen molar-refractivity contribution < 1.29 is 5.11 Å². The summed E-state index contributed by atoms with van der Waals surface area (Å²) in [6, 6.07) is 16.2. The topological polar surface area (TPSA) is 50.1 Å². The maximum atomic E-state index is 10.6. The van der Waals surface area contributed by atoms with Gasteiger partial charge >= 0.3 is 0 Å². The Morgan fingerprint density at radius 1 is 1.16 bits per heavy atom. The monoisotopic (exact) mass is 349 g/mol. The van der Waals surface area contributed by atoms with E-state index in [0.29, 0.717) is 12.2 Å². The van der Waals surface area contributed by atoms with Gasteiger partial charge in [0.1, 0.15) is 11.4 Å². The largest absolute Gasteiger partial charge is 0.505 e. The van der Waals surface area contributed by atoms with E-state index >= 15 is 0 Å². The van der Waals surface area contributed by atoms with Gasteiger partial charge in [-0.25, -0.2) is 4.68 Å². The van der Waals surface area contributed by atoms with Gasteiger partial charge in [0.2, 0.25) is 0 Å². The first-order valence-electron chi connectivity index (χ1n) is 8.24. The van der Waals surface area contributed by atoms with Gasteiger partial charge < -0.3 is 10.4 Å². The number of rotatable bonds is 5. The Balaban J connectivity index is 1.54. The third kappa shape index (κ3) is 3.04. The van der Waals surface area contributed by atoms with Crippen molar-refractivity contribution in [3.63, 3.8) is 0 Å². The molecule has 2 aromatic carbocycles. The van der Waals surface area contributed by atoms with Gasteiger partial charge in [-0.15, -0.1) is 11.3 Å². The number of aromatic nitrogens is 2. The van der Waals surface area contributed by atoms with Gasteiger partial charge in [-0.2, -0.15) is 5.10 Å². The summed E-state index contributed by atoms with van der Waals surface area (Å²) in [7, 11) is 0. The number of hydrogen-bond acceptors (Lipinski definition) is 4. The molecule has 0 aliphatic carbocycles. The van der Waals surface area contributed by atoms with Crippen molar-refractivity contribution >= 4 is 21.4 Å². The number of hydrogen-bond donors (Lipinski definition) is 2. The molecule has 0 bridgehead atoms. The second-order valence-electron chi connectivity index (χ2n) is 6.03. The predicted octanol–water partition coefficient (Wildman–Crippen LogP) is 4.64. The Kier molecular flexibility index (Phi) is 4.26. The Morgan fingerprint density at radius 3 is 2.88 bits per heavy atom. The highest BCUT2D eigenvalue weighted by molar-refractivity contribution is 7.17. The van der Waals surface area contributed by atoms with Crippen molar-refractivity contribution in [1.82, 2.24) is 15.1 Å². The molecular weight excluding hydrogens is 330 g/mol. The van der Waals surface area contributed by atoms with Crippen molar-refractivity contribution in [2.75, 3.05) is 0 Å². The van der Waals surface area contributed by atoms with E-state index in [1.807, 2.05) is 30.5 Å². The van der Waals surface area contributed by atoms with Crippen LogP contribution in [0.15, 0.2) is 66.3 Å². The smallest absolute Gasteiger partial charge is 0.145 e. The third-order valence-corrected chi connectivity index (χ3v) is 5.41. The second kappa shape index (κ2) is 6.70. The Hall–Kier alpha value is -2.63. The molecule has 0 saturated carbocycles. The first-order chi connectivity index (χ1) is 12.2. The number of thiophene rings is 1. The van der Waals surface area contributed by atoms with Crippen molar-refractivity contribution in [3.05, 3.63) is 77.4 Å². The van der Waals surface area contributed by atoms with Crippen molar-refractivity contribution in [3.8, 4) is 11.4 Å². The van der Waals surface area contributed by atoms with E-state index in [0.717, 1.165) is 5.56 Å². The van der Waals surface area contributed by atoms with E-state index in [2.05, 4.69) is 47.0 Å². The average Bonchev–Trinajstić information content (AvgIpc) is 3.30. The van der Waals surface area contributed by atoms with Gasteiger partial charge in [-0.05, 0) is 41.5 Å². The molecule has 2 N–H and O–H groups in total. The lowest BCUT2D eigenvalue weighted by molar-refractivity contribution is 0.456. The minimum absolute atomic E-state index is 0.198. The van der Waals surface area contributed by atoms with Crippen LogP contribution >= 0.6 is 11.3 Å². The Labute approximate surface area is 150 Å². The summed E-state index contributed by atoms with van der Waals surface area (Å²) < 4.78 is 2.98. The summed E-state index contributed by atoms with van der Waals surface area (Å²) in [6.45, 7) is 2.75. The fourth-order valence-corrected chi connectivity index (χ4v) is 4.08. The van der Waals surface area contributed by atoms with Crippen LogP contribution in [0.3, 0.4) is 0 Å². The Morgan fingerprint density at radius 2 is 2.04 bits per heavy atom. The van der Waals surface area contributed by atoms with E-state index in [4.69, 9.17) is 0 Å². The summed E-state index contributed by atoms with van der Waals surface area (Å²) in [5.74, 6) is 0.265. The third-order valence-electron chi connectivity index (χ3n) is 4.43. The quantitative estimate of drug-likeness (QED) is 0.552. The van der Waals surface area contributed by atoms with Crippen LogP contribution in [-0.4, -0.2) is 14.9 Å². The zero-order valence-corrected chi connectivity index (χ0v) is 14.7. The summed E-state index contributed by atoms with van der Waals surface area (Å²) in [4.78, 5) is 0. The Bertz CT molecular complexity index is 991. The molecule has 4 aromatic rings. The maximum Gasteiger partial charge on any atom is 0.145 e. The SMILES string of the molecule is CC(NCc1cccc(-n2cccn2)c1O)c1csc2ccccc12. The van der Waals surface area contributed by atoms with E-state index < -0.39 is 0 Å². The molecule has 4 nitrogen and oxygen atoms in total. The minimum Gasteiger partial charge on any atom is -0.505 e. The molecule has 1 atom stereocenters. The number of phenolic OH excluding ortho intramolecular Hbond substituents is 1. The number of para-hydroxylation sites is 1. The second-order valence-corrected chi connectivity index (χ2v) is 6.94. The zero-order valence-electron chi connectivity index (χ0n) is 13.9. The standard InChI is InChI=1S/C20H19N3OS/c1-14(17-13-25-19-9-3-2-7-16(17)19)21-12-15-6-4-8-18(20(15)24)23-11-5-10-22-23/h2-11,13-14,21,24H,12H2,1H3. The van der Waals surface area contributed by atoms with Gasteiger partial charge in [0.25, 0.3) is 0 Å². The summed E-state index contributed by atoms with van der Waals surface area (Å²) in [5.41, 5.74) is 2.85. The van der Waals surface area contributed by atoms with Gasteiger partial charge in [0.05, 0.1) is 0 Å². The maximum absolute atomic E-state index is 10.6. The van der Waals surface area contributed by atoms with Crippen LogP contribution in [0.2, 0.25) is 0 Å². The van der Waals surface area contributed by atoms with Gasteiger partial charge in [0.15, 0.2) is 0 Å². The van der Waals surface area contributed by atoms with Crippen LogP contribution in [0.1, 0.15) is 24.1 Å². The summed E-state index contributed by atoms with van der Waals surface area (Å²) in [5, 5.41) is 21.8. The predicted molar refractivity (Wildman–Crippen MR) is 102 cm³/mol. The molecule has 0 fully saturated rings. The molecule has 25 heavy (non-hydrogen) atoms. The molecular formula is C20H19N3OS. The highest BCUT2D eigenvalue weighted by atomic mass is 32.1. The summed E-state index contributed by atoms with van der Waals surface area (Å²) in [6.07, 6.45) is 3.53. The lowest BCUT2D eigenvalue weighted by atomic mass is 10.1. The van der Waals surface area contributed by atoms with Crippen LogP contribution in [0.25, 0.3) is 15.8 Å². The van der Waals surface area contributed by atoms with E-state index in [1.165, 1.54) is 15.6 Å². The number of nitrogens with one attached hydrogen (secondary N) is 1. The molecule has 0 spiro atoms. The van der Waals surface area contributed by atoms with Crippen molar-refractivity contribution in [2.24, 2.45) is 0 Å². The fourth-order valence-electron chi connectivity index (χ4n) is 3.02. The molecule has 5 heteroatoms. The van der Waals surface area contributed by atoms with Crippen LogP contribution in [0.4, 0.5) is 0 Å². The number of nitrogens with zero attached hydrogens (tertiary/aromatic N) is 2. The van der Waals surface area contributed by atoms with Crippen molar-refractivity contribution in [1.29, 1.82) is 0 Å². The number of aromatic hydroxyl groups is 1. The van der Waals surface area contributed by atoms with E-state index in [9.17, 15) is 5.11 Å². The molecule has 0 aliphatic rings.